The van der Waals surface area contributed by atoms with Crippen molar-refractivity contribution in [2.75, 3.05) is 34.0 Å². The first-order chi connectivity index (χ1) is 30.6. The molecule has 64 heavy (non-hydrogen) atoms. The monoisotopic (exact) mass is 899 g/mol. The van der Waals surface area contributed by atoms with E-state index in [4.69, 9.17) is 28.0 Å². The smallest absolute Gasteiger partial charge is 0.330 e. The number of nitrogens with one attached hydrogen (secondary N) is 2. The average Bonchev–Trinajstić information content (AvgIpc) is 3.61. The highest BCUT2D eigenvalue weighted by Gasteiger charge is 2.54. The van der Waals surface area contributed by atoms with E-state index in [2.05, 4.69) is 10.3 Å². The van der Waals surface area contributed by atoms with Crippen molar-refractivity contribution in [3.63, 3.8) is 0 Å². The zero-order valence-electron chi connectivity index (χ0n) is 36.8. The van der Waals surface area contributed by atoms with Crippen molar-refractivity contribution >= 4 is 20.1 Å². The first-order valence-electron chi connectivity index (χ1n) is 20.7. The van der Waals surface area contributed by atoms with E-state index in [-0.39, 0.29) is 55.1 Å². The first-order valence-corrected chi connectivity index (χ1v) is 21.8. The number of methoxy groups -OCH3 is 2. The molecule has 340 valence electrons. The largest absolute Gasteiger partial charge is 0.497 e. The summed E-state index contributed by atoms with van der Waals surface area (Å²) in [6.07, 6.45) is -1.33. The quantitative estimate of drug-likeness (QED) is 0.0189. The Morgan fingerprint density at radius 2 is 1.55 bits per heavy atom. The van der Waals surface area contributed by atoms with Crippen molar-refractivity contribution in [3.8, 4) is 11.5 Å². The highest BCUT2D eigenvalue weighted by Crippen LogP contribution is 2.53. The Morgan fingerprint density at radius 3 is 2.11 bits per heavy atom. The molecule has 1 unspecified atom stereocenters. The van der Waals surface area contributed by atoms with Crippen molar-refractivity contribution in [1.82, 2.24) is 19.5 Å². The number of rotatable bonds is 20. The van der Waals surface area contributed by atoms with Crippen LogP contribution in [0.5, 0.6) is 11.5 Å². The number of carbonyl (C=O) groups is 1. The van der Waals surface area contributed by atoms with Gasteiger partial charge in [-0.05, 0) is 81.6 Å². The summed E-state index contributed by atoms with van der Waals surface area (Å²) in [6.45, 7) is 8.97. The lowest BCUT2D eigenvalue weighted by Crippen LogP contribution is -2.47. The number of amides is 1. The van der Waals surface area contributed by atoms with Gasteiger partial charge in [0.25, 0.3) is 25.7 Å². The molecule has 4 atom stereocenters. The predicted molar refractivity (Wildman–Crippen MR) is 239 cm³/mol. The molecule has 17 nitrogen and oxygen atoms in total. The third-order valence-electron chi connectivity index (χ3n) is 10.8. The molecule has 5 aromatic rings. The Kier molecular flexibility index (Phi) is 15.5. The van der Waals surface area contributed by atoms with Crippen molar-refractivity contribution < 1.29 is 42.8 Å². The summed E-state index contributed by atoms with van der Waals surface area (Å²) in [6, 6.07) is 29.5. The van der Waals surface area contributed by atoms with Crippen molar-refractivity contribution in [2.45, 2.75) is 76.8 Å². The maximum atomic E-state index is 13.3. The number of aromatic nitrogens is 2. The average molecular weight is 900 g/mol. The summed E-state index contributed by atoms with van der Waals surface area (Å²) in [5.41, 5.74) is -0.303. The minimum absolute atomic E-state index is 0.00674. The van der Waals surface area contributed by atoms with Gasteiger partial charge in [0.2, 0.25) is 5.79 Å². The van der Waals surface area contributed by atoms with Crippen LogP contribution in [-0.2, 0) is 24.1 Å². The SMILES string of the molecule is COc1ccc(C(OC[C@H]2O[C@@H](n3cc(C)c(=O)[nH]c3=O)C[C@@]2(O)OP(OCCNC(=O)c2cccc([N+](=O)[O-])c2)N(C(C)C)C(C)C)(c2ccccc2)c2ccc(OC)cc2)cc1. The van der Waals surface area contributed by atoms with Gasteiger partial charge in [0.05, 0.1) is 38.8 Å². The number of non-ortho nitro benzene ring substituents is 1. The number of H-pyrrole nitrogens is 1. The minimum Gasteiger partial charge on any atom is -0.497 e. The highest BCUT2D eigenvalue weighted by atomic mass is 31.2. The van der Waals surface area contributed by atoms with Crippen LogP contribution in [0, 0.1) is 17.0 Å². The first kappa shape index (κ1) is 47.7. The third kappa shape index (κ3) is 10.6. The lowest BCUT2D eigenvalue weighted by Gasteiger charge is -2.41. The lowest BCUT2D eigenvalue weighted by atomic mass is 9.80. The Hall–Kier alpha value is -5.78. The van der Waals surface area contributed by atoms with Crippen LogP contribution in [0.25, 0.3) is 0 Å². The molecule has 1 aliphatic rings. The summed E-state index contributed by atoms with van der Waals surface area (Å²) in [4.78, 5) is 51.8. The summed E-state index contributed by atoms with van der Waals surface area (Å²) < 4.78 is 41.0. The summed E-state index contributed by atoms with van der Waals surface area (Å²) in [5, 5.41) is 27.0. The molecular weight excluding hydrogens is 846 g/mol. The van der Waals surface area contributed by atoms with Crippen LogP contribution in [0.3, 0.4) is 0 Å². The molecule has 1 aromatic heterocycles. The fourth-order valence-electron chi connectivity index (χ4n) is 7.63. The number of nitro benzene ring substituents is 1. The second-order valence-electron chi connectivity index (χ2n) is 15.7. The van der Waals surface area contributed by atoms with Gasteiger partial charge in [-0.3, -0.25) is 33.8 Å². The summed E-state index contributed by atoms with van der Waals surface area (Å²) in [5.74, 6) is -1.47. The van der Waals surface area contributed by atoms with Gasteiger partial charge < -0.3 is 33.9 Å². The van der Waals surface area contributed by atoms with E-state index in [9.17, 15) is 29.6 Å². The number of ether oxygens (including phenoxy) is 4. The molecule has 1 fully saturated rings. The van der Waals surface area contributed by atoms with Gasteiger partial charge in [0.15, 0.2) is 0 Å². The number of aliphatic hydroxyl groups is 1. The van der Waals surface area contributed by atoms with Crippen molar-refractivity contribution in [3.05, 3.63) is 168 Å². The van der Waals surface area contributed by atoms with E-state index < -0.39 is 54.3 Å². The van der Waals surface area contributed by atoms with E-state index in [0.717, 1.165) is 16.7 Å². The van der Waals surface area contributed by atoms with Gasteiger partial charge in [-0.15, -0.1) is 0 Å². The number of nitro groups is 1. The zero-order chi connectivity index (χ0) is 46.2. The molecule has 0 saturated carbocycles. The van der Waals surface area contributed by atoms with Crippen LogP contribution < -0.4 is 26.0 Å². The van der Waals surface area contributed by atoms with Crippen LogP contribution in [0.1, 0.15) is 73.0 Å². The number of hydrogen-bond donors (Lipinski definition) is 3. The number of carbonyl (C=O) groups excluding carboxylic acids is 1. The highest BCUT2D eigenvalue weighted by molar-refractivity contribution is 7.44. The van der Waals surface area contributed by atoms with E-state index >= 15 is 0 Å². The molecule has 1 saturated heterocycles. The molecule has 6 rings (SSSR count). The molecule has 0 aliphatic carbocycles. The van der Waals surface area contributed by atoms with Crippen LogP contribution in [-0.4, -0.2) is 88.1 Å². The molecule has 2 heterocycles. The van der Waals surface area contributed by atoms with E-state index in [1.54, 1.807) is 21.1 Å². The van der Waals surface area contributed by atoms with Gasteiger partial charge in [-0.2, -0.15) is 0 Å². The maximum absolute atomic E-state index is 13.3. The van der Waals surface area contributed by atoms with Crippen LogP contribution in [0.2, 0.25) is 0 Å². The van der Waals surface area contributed by atoms with Crippen LogP contribution in [0.4, 0.5) is 5.69 Å². The molecule has 0 radical (unpaired) electrons. The molecule has 4 aromatic carbocycles. The standard InChI is InChI=1S/C46H54N5O12P/c1-30(2)50(31(3)4)64(61-25-24-47-43(53)33-12-11-15-37(26-33)51(56)57)63-45(55)27-41(49-28-32(5)42(52)48-44(49)54)62-40(45)29-60-46(34-13-9-8-10-14-34,35-16-20-38(58-6)21-17-35)36-18-22-39(59-7)23-19-36/h8-23,26,28,30-31,40-41,55H,24-25,27,29H2,1-7H3,(H,47,53)(H,48,52,54)/t40-,41-,45-,64?/m1/s1. The minimum atomic E-state index is -2.18. The molecule has 0 bridgehead atoms. The molecule has 1 aliphatic heterocycles. The van der Waals surface area contributed by atoms with Gasteiger partial charge in [0, 0.05) is 48.1 Å². The van der Waals surface area contributed by atoms with Crippen LogP contribution >= 0.6 is 8.53 Å². The number of nitrogens with zero attached hydrogens (tertiary/aromatic N) is 3. The lowest BCUT2D eigenvalue weighted by molar-refractivity contribution is -0.384. The van der Waals surface area contributed by atoms with E-state index in [0.29, 0.717) is 11.5 Å². The topological polar surface area (TPSA) is 206 Å². The number of aromatic amines is 1. The molecule has 18 heteroatoms. The third-order valence-corrected chi connectivity index (χ3v) is 12.9. The van der Waals surface area contributed by atoms with Gasteiger partial charge in [-0.1, -0.05) is 60.7 Å². The fraction of sp³-hybridized carbons (Fsp3) is 0.370. The second kappa shape index (κ2) is 20.8. The second-order valence-corrected chi connectivity index (χ2v) is 17.1. The Morgan fingerprint density at radius 1 is 0.953 bits per heavy atom. The predicted octanol–water partition coefficient (Wildman–Crippen LogP) is 6.56. The van der Waals surface area contributed by atoms with Crippen molar-refractivity contribution in [1.29, 1.82) is 0 Å². The molecule has 3 N–H and O–H groups in total. The van der Waals surface area contributed by atoms with Gasteiger partial charge >= 0.3 is 5.69 Å². The normalized spacial score (nSPS) is 18.0. The van der Waals surface area contributed by atoms with E-state index in [1.807, 2.05) is 111 Å². The molecule has 1 amide bonds. The van der Waals surface area contributed by atoms with Crippen molar-refractivity contribution in [2.24, 2.45) is 0 Å². The van der Waals surface area contributed by atoms with Gasteiger partial charge in [-0.25, -0.2) is 9.46 Å². The Labute approximate surface area is 372 Å². The number of aryl methyl sites for hydroxylation is 1. The summed E-state index contributed by atoms with van der Waals surface area (Å²) in [7, 11) is 1.02. The van der Waals surface area contributed by atoms with E-state index in [1.165, 1.54) is 35.0 Å². The molecular formula is C46H54N5O12P. The number of benzene rings is 4. The Balaban J connectivity index is 1.38. The fourth-order valence-corrected chi connectivity index (χ4v) is 9.37. The molecule has 0 spiro atoms. The maximum Gasteiger partial charge on any atom is 0.330 e. The number of hydrogen-bond acceptors (Lipinski definition) is 13. The van der Waals surface area contributed by atoms with Crippen LogP contribution in [0.15, 0.2) is 119 Å². The zero-order valence-corrected chi connectivity index (χ0v) is 37.7. The Bertz CT molecular complexity index is 2430. The summed E-state index contributed by atoms with van der Waals surface area (Å²) >= 11 is 0. The van der Waals surface area contributed by atoms with Gasteiger partial charge in [0.1, 0.15) is 29.4 Å².